The molecule has 0 rings (SSSR count). The molecule has 2 amide bonds. The van der Waals surface area contributed by atoms with E-state index in [1.165, 1.54) is 7.11 Å². The van der Waals surface area contributed by atoms with Gasteiger partial charge in [0.2, 0.25) is 0 Å². The lowest BCUT2D eigenvalue weighted by molar-refractivity contribution is -0.142. The Morgan fingerprint density at radius 2 is 2.27 bits per heavy atom. The van der Waals surface area contributed by atoms with Crippen LogP contribution in [0, 0.1) is 0 Å². The summed E-state index contributed by atoms with van der Waals surface area (Å²) >= 11 is 5.31. The number of methoxy groups -OCH3 is 1. The van der Waals surface area contributed by atoms with Gasteiger partial charge in [0, 0.05) is 0 Å². The highest BCUT2D eigenvalue weighted by Crippen LogP contribution is 1.90. The van der Waals surface area contributed by atoms with Gasteiger partial charge in [-0.15, -0.1) is 11.6 Å². The van der Waals surface area contributed by atoms with Crippen molar-refractivity contribution < 1.29 is 14.3 Å². The molecule has 0 spiro atoms. The van der Waals surface area contributed by atoms with Gasteiger partial charge in [-0.05, 0) is 0 Å². The summed E-state index contributed by atoms with van der Waals surface area (Å²) in [4.78, 5) is 20.9. The number of hydrogen-bond acceptors (Lipinski definition) is 3. The average molecular weight is 181 g/mol. The smallest absolute Gasteiger partial charge is 0.329 e. The van der Waals surface area contributed by atoms with Gasteiger partial charge in [0.15, 0.2) is 0 Å². The summed E-state index contributed by atoms with van der Waals surface area (Å²) in [7, 11) is 1.20. The molecule has 64 valence electrons. The summed E-state index contributed by atoms with van der Waals surface area (Å²) in [5.41, 5.74) is 4.74. The first-order valence-corrected chi connectivity index (χ1v) is 3.35. The second-order valence-electron chi connectivity index (χ2n) is 1.74. The van der Waals surface area contributed by atoms with Crippen molar-refractivity contribution in [3.8, 4) is 0 Å². The summed E-state index contributed by atoms with van der Waals surface area (Å²) in [6.07, 6.45) is 0. The second-order valence-corrected chi connectivity index (χ2v) is 2.05. The van der Waals surface area contributed by atoms with Crippen LogP contribution in [0.2, 0.25) is 0 Å². The number of esters is 1. The Bertz CT molecular complexity index is 162. The van der Waals surface area contributed by atoms with E-state index in [-0.39, 0.29) is 5.88 Å². The van der Waals surface area contributed by atoms with Crippen molar-refractivity contribution in [3.63, 3.8) is 0 Å². The Labute approximate surface area is 68.8 Å². The first kappa shape index (κ1) is 10.0. The van der Waals surface area contributed by atoms with E-state index in [2.05, 4.69) is 10.1 Å². The molecule has 0 aliphatic rings. The number of alkyl halides is 1. The summed E-state index contributed by atoms with van der Waals surface area (Å²) in [5, 5.41) is 2.11. The van der Waals surface area contributed by atoms with Gasteiger partial charge < -0.3 is 15.8 Å². The molecular weight excluding hydrogens is 172 g/mol. The van der Waals surface area contributed by atoms with Crippen LogP contribution in [-0.2, 0) is 9.53 Å². The minimum atomic E-state index is -0.862. The Morgan fingerprint density at radius 1 is 1.73 bits per heavy atom. The summed E-state index contributed by atoms with van der Waals surface area (Å²) in [6, 6.07) is -1.67. The first-order valence-electron chi connectivity index (χ1n) is 2.81. The lowest BCUT2D eigenvalue weighted by atomic mass is 10.3. The van der Waals surface area contributed by atoms with Crippen LogP contribution < -0.4 is 11.1 Å². The maximum atomic E-state index is 10.7. The summed E-state index contributed by atoms with van der Waals surface area (Å²) in [5.74, 6) is -0.672. The van der Waals surface area contributed by atoms with Gasteiger partial charge >= 0.3 is 12.0 Å². The number of rotatable bonds is 3. The molecule has 0 aliphatic carbocycles. The molecule has 6 heteroatoms. The third kappa shape index (κ3) is 3.67. The monoisotopic (exact) mass is 180 g/mol. The molecule has 3 N–H and O–H groups in total. The van der Waals surface area contributed by atoms with Gasteiger partial charge in [-0.1, -0.05) is 0 Å². The number of carbonyl (C=O) groups is 2. The van der Waals surface area contributed by atoms with Gasteiger partial charge in [-0.25, -0.2) is 9.59 Å². The lowest BCUT2D eigenvalue weighted by Crippen LogP contribution is -2.45. The second kappa shape index (κ2) is 4.79. The highest BCUT2D eigenvalue weighted by atomic mass is 35.5. The van der Waals surface area contributed by atoms with Crippen molar-refractivity contribution in [2.75, 3.05) is 13.0 Å². The molecule has 0 aromatic carbocycles. The Kier molecular flexibility index (Phi) is 4.36. The highest BCUT2D eigenvalue weighted by molar-refractivity contribution is 6.19. The predicted octanol–water partition coefficient (Wildman–Crippen LogP) is -0.565. The number of nitrogens with one attached hydrogen (secondary N) is 1. The zero-order valence-corrected chi connectivity index (χ0v) is 6.72. The fourth-order valence-corrected chi connectivity index (χ4v) is 0.678. The number of halogens is 1. The Morgan fingerprint density at radius 3 is 2.55 bits per heavy atom. The van der Waals surface area contributed by atoms with Crippen LogP contribution in [0.1, 0.15) is 0 Å². The molecule has 0 saturated carbocycles. The van der Waals surface area contributed by atoms with Crippen LogP contribution in [-0.4, -0.2) is 31.0 Å². The SMILES string of the molecule is COC(=O)[C@@H](CCl)NC(N)=O. The van der Waals surface area contributed by atoms with E-state index < -0.39 is 18.0 Å². The quantitative estimate of drug-likeness (QED) is 0.451. The molecule has 11 heavy (non-hydrogen) atoms. The van der Waals surface area contributed by atoms with E-state index in [1.54, 1.807) is 0 Å². The number of urea groups is 1. The van der Waals surface area contributed by atoms with Gasteiger partial charge in [0.1, 0.15) is 6.04 Å². The molecule has 0 saturated heterocycles. The van der Waals surface area contributed by atoms with Crippen LogP contribution in [0.3, 0.4) is 0 Å². The zero-order valence-electron chi connectivity index (χ0n) is 5.96. The Balaban J connectivity index is 3.94. The van der Waals surface area contributed by atoms with Crippen LogP contribution in [0.5, 0.6) is 0 Å². The van der Waals surface area contributed by atoms with Crippen molar-refractivity contribution >= 4 is 23.6 Å². The first-order chi connectivity index (χ1) is 5.11. The predicted molar refractivity (Wildman–Crippen MR) is 39.2 cm³/mol. The molecule has 0 aliphatic heterocycles. The summed E-state index contributed by atoms with van der Waals surface area (Å²) in [6.45, 7) is 0. The van der Waals surface area contributed by atoms with E-state index in [4.69, 9.17) is 17.3 Å². The van der Waals surface area contributed by atoms with Gasteiger partial charge in [0.05, 0.1) is 13.0 Å². The minimum Gasteiger partial charge on any atom is -0.467 e. The van der Waals surface area contributed by atoms with E-state index in [1.807, 2.05) is 0 Å². The number of primary amides is 1. The fraction of sp³-hybridized carbons (Fsp3) is 0.600. The minimum absolute atomic E-state index is 0.0599. The number of nitrogens with two attached hydrogens (primary N) is 1. The van der Waals surface area contributed by atoms with Gasteiger partial charge in [0.25, 0.3) is 0 Å². The van der Waals surface area contributed by atoms with Crippen molar-refractivity contribution in [3.05, 3.63) is 0 Å². The molecule has 5 nitrogen and oxygen atoms in total. The van der Waals surface area contributed by atoms with E-state index >= 15 is 0 Å². The topological polar surface area (TPSA) is 81.4 Å². The number of hydrogen-bond donors (Lipinski definition) is 2. The third-order valence-corrected chi connectivity index (χ3v) is 1.27. The summed E-state index contributed by atoms with van der Waals surface area (Å²) < 4.78 is 4.31. The van der Waals surface area contributed by atoms with Crippen LogP contribution in [0.4, 0.5) is 4.79 Å². The van der Waals surface area contributed by atoms with Crippen molar-refractivity contribution in [2.24, 2.45) is 5.73 Å². The maximum absolute atomic E-state index is 10.7. The van der Waals surface area contributed by atoms with Crippen LogP contribution >= 0.6 is 11.6 Å². The zero-order chi connectivity index (χ0) is 8.85. The molecule has 0 fully saturated rings. The normalized spacial score (nSPS) is 11.8. The maximum Gasteiger partial charge on any atom is 0.329 e. The molecule has 0 aromatic heterocycles. The molecule has 0 aromatic rings. The largest absolute Gasteiger partial charge is 0.467 e. The standard InChI is InChI=1S/C5H9ClN2O3/c1-11-4(9)3(2-6)8-5(7)10/h3H,2H2,1H3,(H3,7,8,10)/t3-/m1/s1. The molecule has 0 bridgehead atoms. The number of amides is 2. The number of ether oxygens (including phenoxy) is 1. The van der Waals surface area contributed by atoms with Crippen molar-refractivity contribution in [1.82, 2.24) is 5.32 Å². The molecule has 0 heterocycles. The van der Waals surface area contributed by atoms with E-state index in [9.17, 15) is 9.59 Å². The molecule has 0 unspecified atom stereocenters. The lowest BCUT2D eigenvalue weighted by Gasteiger charge is -2.10. The average Bonchev–Trinajstić information content (AvgIpc) is 1.98. The molecule has 1 atom stereocenters. The van der Waals surface area contributed by atoms with E-state index in [0.29, 0.717) is 0 Å². The third-order valence-electron chi connectivity index (χ3n) is 0.956. The van der Waals surface area contributed by atoms with Crippen molar-refractivity contribution in [1.29, 1.82) is 0 Å². The van der Waals surface area contributed by atoms with Crippen LogP contribution in [0.25, 0.3) is 0 Å². The van der Waals surface area contributed by atoms with E-state index in [0.717, 1.165) is 0 Å². The number of carbonyl (C=O) groups excluding carboxylic acids is 2. The van der Waals surface area contributed by atoms with Gasteiger partial charge in [-0.3, -0.25) is 0 Å². The molecule has 0 radical (unpaired) electrons. The fourth-order valence-electron chi connectivity index (χ4n) is 0.474. The molecular formula is C5H9ClN2O3. The Hall–Kier alpha value is -0.970. The van der Waals surface area contributed by atoms with Crippen LogP contribution in [0.15, 0.2) is 0 Å². The van der Waals surface area contributed by atoms with Gasteiger partial charge in [-0.2, -0.15) is 0 Å². The van der Waals surface area contributed by atoms with Crippen molar-refractivity contribution in [2.45, 2.75) is 6.04 Å². The highest BCUT2D eigenvalue weighted by Gasteiger charge is 2.18.